The smallest absolute Gasteiger partial charge is 0.308 e. The summed E-state index contributed by atoms with van der Waals surface area (Å²) in [7, 11) is 2.99. The number of methoxy groups -OCH3 is 1. The van der Waals surface area contributed by atoms with Crippen LogP contribution in [0.4, 0.5) is 10.1 Å². The number of esters is 1. The van der Waals surface area contributed by atoms with Crippen molar-refractivity contribution in [2.75, 3.05) is 25.6 Å². The molecule has 1 unspecified atom stereocenters. The Hall–Kier alpha value is -1.62. The molecule has 0 aliphatic carbocycles. The van der Waals surface area contributed by atoms with E-state index in [1.165, 1.54) is 19.2 Å². The molecule has 0 radical (unpaired) electrons. The van der Waals surface area contributed by atoms with Gasteiger partial charge in [0.2, 0.25) is 0 Å². The normalized spacial score (nSPS) is 12.0. The Morgan fingerprint density at radius 3 is 2.88 bits per heavy atom. The number of halogens is 1. The first-order valence-corrected chi connectivity index (χ1v) is 5.24. The minimum Gasteiger partial charge on any atom is -0.469 e. The Kier molecular flexibility index (Phi) is 4.90. The topological polar surface area (TPSA) is 49.8 Å². The Bertz CT molecular complexity index is 384. The lowest BCUT2D eigenvalue weighted by molar-refractivity contribution is -0.142. The monoisotopic (exact) mass is 241 g/mol. The molecule has 1 rings (SSSR count). The molecule has 0 aliphatic rings. The zero-order valence-electron chi connectivity index (χ0n) is 9.89. The maximum absolute atomic E-state index is 13.0. The molecule has 0 aromatic heterocycles. The third-order valence-corrected chi connectivity index (χ3v) is 2.36. The Morgan fingerprint density at radius 1 is 1.59 bits per heavy atom. The highest BCUT2D eigenvalue weighted by molar-refractivity contribution is 5.69. The van der Waals surface area contributed by atoms with Crippen molar-refractivity contribution in [1.82, 2.24) is 0 Å². The fourth-order valence-electron chi connectivity index (χ4n) is 1.48. The molecule has 4 nitrogen and oxygen atoms in total. The fourth-order valence-corrected chi connectivity index (χ4v) is 1.48. The van der Waals surface area contributed by atoms with Gasteiger partial charge in [0.15, 0.2) is 0 Å². The van der Waals surface area contributed by atoms with Crippen LogP contribution < -0.4 is 4.90 Å². The van der Waals surface area contributed by atoms with Gasteiger partial charge in [0.25, 0.3) is 0 Å². The molecule has 0 spiro atoms. The van der Waals surface area contributed by atoms with E-state index in [0.29, 0.717) is 5.69 Å². The summed E-state index contributed by atoms with van der Waals surface area (Å²) in [5, 5.41) is 9.62. The lowest BCUT2D eigenvalue weighted by Crippen LogP contribution is -2.30. The molecule has 94 valence electrons. The molecule has 0 saturated carbocycles. The lowest BCUT2D eigenvalue weighted by Gasteiger charge is -2.22. The van der Waals surface area contributed by atoms with Crippen LogP contribution in [0.25, 0.3) is 0 Å². The highest BCUT2D eigenvalue weighted by atomic mass is 19.1. The number of aliphatic hydroxyl groups excluding tert-OH is 1. The van der Waals surface area contributed by atoms with Gasteiger partial charge in [-0.3, -0.25) is 4.79 Å². The highest BCUT2D eigenvalue weighted by Gasteiger charge is 2.13. The predicted octanol–water partition coefficient (Wildman–Crippen LogP) is 1.19. The quantitative estimate of drug-likeness (QED) is 0.787. The van der Waals surface area contributed by atoms with Gasteiger partial charge in [-0.1, -0.05) is 6.07 Å². The fraction of sp³-hybridized carbons (Fsp3) is 0.417. The van der Waals surface area contributed by atoms with E-state index in [4.69, 9.17) is 0 Å². The summed E-state index contributed by atoms with van der Waals surface area (Å²) in [5.74, 6) is -0.804. The third kappa shape index (κ3) is 4.40. The van der Waals surface area contributed by atoms with Crippen LogP contribution in [0, 0.1) is 5.82 Å². The second-order valence-electron chi connectivity index (χ2n) is 3.79. The molecule has 0 heterocycles. The van der Waals surface area contributed by atoms with E-state index in [2.05, 4.69) is 4.74 Å². The van der Waals surface area contributed by atoms with Crippen LogP contribution in [0.2, 0.25) is 0 Å². The molecule has 1 aromatic rings. The summed E-state index contributed by atoms with van der Waals surface area (Å²) in [6, 6.07) is 6.04. The summed E-state index contributed by atoms with van der Waals surface area (Å²) in [4.78, 5) is 12.6. The average molecular weight is 241 g/mol. The van der Waals surface area contributed by atoms with Crippen LogP contribution >= 0.6 is 0 Å². The van der Waals surface area contributed by atoms with Crippen molar-refractivity contribution < 1.29 is 19.0 Å². The third-order valence-electron chi connectivity index (χ3n) is 2.36. The van der Waals surface area contributed by atoms with Crippen molar-refractivity contribution >= 4 is 11.7 Å². The molecule has 1 aromatic carbocycles. The van der Waals surface area contributed by atoms with E-state index in [1.807, 2.05) is 0 Å². The molecule has 0 amide bonds. The minimum absolute atomic E-state index is 0.0733. The van der Waals surface area contributed by atoms with Crippen LogP contribution in [-0.2, 0) is 9.53 Å². The van der Waals surface area contributed by atoms with Gasteiger partial charge in [0.1, 0.15) is 5.82 Å². The standard InChI is InChI=1S/C12H16FNO3/c1-14(8-11(15)7-12(16)17-2)10-5-3-4-9(13)6-10/h3-6,11,15H,7-8H2,1-2H3. The number of nitrogens with zero attached hydrogens (tertiary/aromatic N) is 1. The molecule has 5 heteroatoms. The number of rotatable bonds is 5. The molecule has 0 bridgehead atoms. The zero-order valence-corrected chi connectivity index (χ0v) is 9.89. The van der Waals surface area contributed by atoms with Gasteiger partial charge in [-0.05, 0) is 18.2 Å². The van der Waals surface area contributed by atoms with Gasteiger partial charge >= 0.3 is 5.97 Å². The van der Waals surface area contributed by atoms with Gasteiger partial charge in [-0.25, -0.2) is 4.39 Å². The summed E-state index contributed by atoms with van der Waals surface area (Å²) in [6.07, 6.45) is -0.911. The van der Waals surface area contributed by atoms with Crippen LogP contribution in [-0.4, -0.2) is 37.9 Å². The number of hydrogen-bond acceptors (Lipinski definition) is 4. The van der Waals surface area contributed by atoms with Crippen LogP contribution in [0.1, 0.15) is 6.42 Å². The first-order chi connectivity index (χ1) is 8.02. The van der Waals surface area contributed by atoms with E-state index in [-0.39, 0.29) is 18.8 Å². The first kappa shape index (κ1) is 13.4. The first-order valence-electron chi connectivity index (χ1n) is 5.24. The molecule has 1 N–H and O–H groups in total. The second-order valence-corrected chi connectivity index (χ2v) is 3.79. The van der Waals surface area contributed by atoms with Gasteiger partial charge in [-0.2, -0.15) is 0 Å². The maximum atomic E-state index is 13.0. The molecule has 0 saturated heterocycles. The number of carbonyl (C=O) groups is 1. The number of anilines is 1. The van der Waals surface area contributed by atoms with Gasteiger partial charge in [0.05, 0.1) is 19.6 Å². The number of likely N-dealkylation sites (N-methyl/N-ethyl adjacent to an activating group) is 1. The molecule has 0 aliphatic heterocycles. The van der Waals surface area contributed by atoms with E-state index in [9.17, 15) is 14.3 Å². The Morgan fingerprint density at radius 2 is 2.29 bits per heavy atom. The van der Waals surface area contributed by atoms with Crippen LogP contribution in [0.3, 0.4) is 0 Å². The Balaban J connectivity index is 2.54. The molecule has 1 atom stereocenters. The van der Waals surface area contributed by atoms with E-state index in [0.717, 1.165) is 0 Å². The van der Waals surface area contributed by atoms with Crippen molar-refractivity contribution in [3.05, 3.63) is 30.1 Å². The molecular weight excluding hydrogens is 225 g/mol. The molecule has 0 fully saturated rings. The SMILES string of the molecule is COC(=O)CC(O)CN(C)c1cccc(F)c1. The minimum atomic E-state index is -0.837. The number of hydrogen-bond donors (Lipinski definition) is 1. The number of benzene rings is 1. The van der Waals surface area contributed by atoms with Gasteiger partial charge in [0, 0.05) is 19.3 Å². The van der Waals surface area contributed by atoms with Crippen molar-refractivity contribution in [1.29, 1.82) is 0 Å². The second kappa shape index (κ2) is 6.20. The Labute approximate surface area is 99.6 Å². The summed E-state index contributed by atoms with van der Waals surface area (Å²) >= 11 is 0. The van der Waals surface area contributed by atoms with Crippen molar-refractivity contribution in [2.24, 2.45) is 0 Å². The van der Waals surface area contributed by atoms with Crippen LogP contribution in [0.15, 0.2) is 24.3 Å². The highest BCUT2D eigenvalue weighted by Crippen LogP contribution is 2.14. The van der Waals surface area contributed by atoms with Gasteiger partial charge in [-0.15, -0.1) is 0 Å². The summed E-state index contributed by atoms with van der Waals surface area (Å²) in [5.41, 5.74) is 0.647. The van der Waals surface area contributed by atoms with Gasteiger partial charge < -0.3 is 14.7 Å². The summed E-state index contributed by atoms with van der Waals surface area (Å²) in [6.45, 7) is 0.235. The van der Waals surface area contributed by atoms with E-state index >= 15 is 0 Å². The van der Waals surface area contributed by atoms with Crippen molar-refractivity contribution in [3.63, 3.8) is 0 Å². The van der Waals surface area contributed by atoms with Crippen molar-refractivity contribution in [3.8, 4) is 0 Å². The van der Waals surface area contributed by atoms with Crippen molar-refractivity contribution in [2.45, 2.75) is 12.5 Å². The predicted molar refractivity (Wildman–Crippen MR) is 62.3 cm³/mol. The van der Waals surface area contributed by atoms with E-state index < -0.39 is 12.1 Å². The van der Waals surface area contributed by atoms with Crippen LogP contribution in [0.5, 0.6) is 0 Å². The number of ether oxygens (including phenoxy) is 1. The number of carbonyl (C=O) groups excluding carboxylic acids is 1. The average Bonchev–Trinajstić information content (AvgIpc) is 2.28. The number of aliphatic hydroxyl groups is 1. The largest absolute Gasteiger partial charge is 0.469 e. The molecule has 17 heavy (non-hydrogen) atoms. The summed E-state index contributed by atoms with van der Waals surface area (Å²) < 4.78 is 17.4. The molecular formula is C12H16FNO3. The maximum Gasteiger partial charge on any atom is 0.308 e. The van der Waals surface area contributed by atoms with E-state index in [1.54, 1.807) is 24.1 Å². The zero-order chi connectivity index (χ0) is 12.8. The lowest BCUT2D eigenvalue weighted by atomic mass is 10.2.